The van der Waals surface area contributed by atoms with Crippen molar-refractivity contribution in [3.05, 3.63) is 82.6 Å². The molecule has 4 aromatic rings. The second kappa shape index (κ2) is 9.15. The summed E-state index contributed by atoms with van der Waals surface area (Å²) < 4.78 is 55.6. The van der Waals surface area contributed by atoms with Gasteiger partial charge in [-0.25, -0.2) is 22.2 Å². The lowest BCUT2D eigenvalue weighted by Crippen LogP contribution is -2.30. The summed E-state index contributed by atoms with van der Waals surface area (Å²) in [5.74, 6) is -3.49. The van der Waals surface area contributed by atoms with E-state index in [1.165, 1.54) is 13.2 Å². The van der Waals surface area contributed by atoms with Crippen molar-refractivity contribution < 1.29 is 22.0 Å². The summed E-state index contributed by atoms with van der Waals surface area (Å²) in [4.78, 5) is 20.4. The normalized spacial score (nSPS) is 11.7. The summed E-state index contributed by atoms with van der Waals surface area (Å²) in [6, 6.07) is 10.6. The predicted octanol–water partition coefficient (Wildman–Crippen LogP) is 5.57. The SMILES string of the molecule is CCCS(=O)(=O)N(C)c1ccc(F)c(C(=O)c2c[nH]c3ncc(-c4ccc(Cl)cc4)cc23)c1F. The lowest BCUT2D eigenvalue weighted by molar-refractivity contribution is 0.103. The van der Waals surface area contributed by atoms with Crippen molar-refractivity contribution in [2.75, 3.05) is 17.1 Å². The minimum atomic E-state index is -3.84. The van der Waals surface area contributed by atoms with E-state index in [9.17, 15) is 17.6 Å². The number of pyridine rings is 1. The molecule has 0 bridgehead atoms. The van der Waals surface area contributed by atoms with Crippen molar-refractivity contribution in [3.8, 4) is 11.1 Å². The molecule has 10 heteroatoms. The number of rotatable bonds is 7. The van der Waals surface area contributed by atoms with E-state index in [0.717, 1.165) is 22.0 Å². The van der Waals surface area contributed by atoms with E-state index >= 15 is 4.39 Å². The number of anilines is 1. The van der Waals surface area contributed by atoms with Gasteiger partial charge in [0.25, 0.3) is 0 Å². The van der Waals surface area contributed by atoms with Crippen LogP contribution in [0.3, 0.4) is 0 Å². The van der Waals surface area contributed by atoms with E-state index < -0.39 is 38.7 Å². The van der Waals surface area contributed by atoms with Crippen molar-refractivity contribution in [2.45, 2.75) is 13.3 Å². The van der Waals surface area contributed by atoms with Gasteiger partial charge in [0, 0.05) is 41.0 Å². The first-order valence-electron chi connectivity index (χ1n) is 10.4. The molecular formula is C24H20ClF2N3O3S. The molecule has 0 saturated heterocycles. The third-order valence-corrected chi connectivity index (χ3v) is 7.68. The Hall–Kier alpha value is -3.30. The summed E-state index contributed by atoms with van der Waals surface area (Å²) in [5.41, 5.74) is 0.596. The number of fused-ring (bicyclic) bond motifs is 1. The minimum absolute atomic E-state index is 0.00679. The Morgan fingerprint density at radius 3 is 2.50 bits per heavy atom. The molecule has 0 fully saturated rings. The number of H-pyrrole nitrogens is 1. The maximum absolute atomic E-state index is 15.4. The fourth-order valence-corrected chi connectivity index (χ4v) is 5.02. The second-order valence-electron chi connectivity index (χ2n) is 7.70. The van der Waals surface area contributed by atoms with Gasteiger partial charge in [0.1, 0.15) is 11.5 Å². The van der Waals surface area contributed by atoms with Crippen LogP contribution in [-0.2, 0) is 10.0 Å². The molecular weight excluding hydrogens is 484 g/mol. The van der Waals surface area contributed by atoms with Gasteiger partial charge < -0.3 is 4.98 Å². The Labute approximate surface area is 200 Å². The number of carbonyl (C=O) groups excluding carboxylic acids is 1. The van der Waals surface area contributed by atoms with Crippen LogP contribution in [0.4, 0.5) is 14.5 Å². The molecule has 0 aliphatic carbocycles. The van der Waals surface area contributed by atoms with E-state index in [1.54, 1.807) is 43.5 Å². The fraction of sp³-hybridized carbons (Fsp3) is 0.167. The quantitative estimate of drug-likeness (QED) is 0.334. The number of carbonyl (C=O) groups is 1. The minimum Gasteiger partial charge on any atom is -0.345 e. The second-order valence-corrected chi connectivity index (χ2v) is 10.3. The lowest BCUT2D eigenvalue weighted by Gasteiger charge is -2.20. The number of hydrogen-bond acceptors (Lipinski definition) is 4. The van der Waals surface area contributed by atoms with Crippen LogP contribution in [0, 0.1) is 11.6 Å². The predicted molar refractivity (Wildman–Crippen MR) is 129 cm³/mol. The first kappa shape index (κ1) is 23.8. The zero-order valence-corrected chi connectivity index (χ0v) is 19.8. The average Bonchev–Trinajstić information content (AvgIpc) is 3.22. The largest absolute Gasteiger partial charge is 0.345 e. The molecule has 34 heavy (non-hydrogen) atoms. The summed E-state index contributed by atoms with van der Waals surface area (Å²) >= 11 is 5.94. The van der Waals surface area contributed by atoms with Gasteiger partial charge >= 0.3 is 0 Å². The molecule has 0 aliphatic rings. The number of ketones is 1. The standard InChI is InChI=1S/C24H20ClF2N3O3S/c1-3-10-34(32,33)30(2)20-9-8-19(26)21(22(20)27)23(31)18-13-29-24-17(18)11-15(12-28-24)14-4-6-16(25)7-5-14/h4-9,11-13H,3,10H2,1-2H3,(H,28,29). The van der Waals surface area contributed by atoms with Crippen molar-refractivity contribution in [3.63, 3.8) is 0 Å². The molecule has 2 aromatic carbocycles. The zero-order valence-electron chi connectivity index (χ0n) is 18.3. The number of nitrogens with zero attached hydrogens (tertiary/aromatic N) is 2. The molecule has 176 valence electrons. The van der Waals surface area contributed by atoms with Gasteiger partial charge in [-0.05, 0) is 42.3 Å². The zero-order chi connectivity index (χ0) is 24.6. The summed E-state index contributed by atoms with van der Waals surface area (Å²) in [6.45, 7) is 1.67. The summed E-state index contributed by atoms with van der Waals surface area (Å²) in [6.07, 6.45) is 3.25. The summed E-state index contributed by atoms with van der Waals surface area (Å²) in [7, 11) is -2.66. The van der Waals surface area contributed by atoms with Crippen molar-refractivity contribution >= 4 is 44.1 Å². The molecule has 0 amide bonds. The number of halogens is 3. The smallest absolute Gasteiger partial charge is 0.234 e. The van der Waals surface area contributed by atoms with Gasteiger partial charge in [0.2, 0.25) is 15.8 Å². The van der Waals surface area contributed by atoms with Crippen molar-refractivity contribution in [2.24, 2.45) is 0 Å². The van der Waals surface area contributed by atoms with Crippen LogP contribution >= 0.6 is 11.6 Å². The molecule has 0 spiro atoms. The maximum atomic E-state index is 15.4. The van der Waals surface area contributed by atoms with E-state index in [0.29, 0.717) is 28.0 Å². The molecule has 2 aromatic heterocycles. The lowest BCUT2D eigenvalue weighted by atomic mass is 10.00. The molecule has 4 rings (SSSR count). The maximum Gasteiger partial charge on any atom is 0.234 e. The van der Waals surface area contributed by atoms with Crippen LogP contribution in [-0.4, -0.2) is 37.0 Å². The van der Waals surface area contributed by atoms with Crippen LogP contribution in [0.15, 0.2) is 54.9 Å². The first-order chi connectivity index (χ1) is 16.1. The van der Waals surface area contributed by atoms with Gasteiger partial charge in [-0.2, -0.15) is 0 Å². The number of nitrogens with one attached hydrogen (secondary N) is 1. The molecule has 0 saturated carbocycles. The van der Waals surface area contributed by atoms with Crippen LogP contribution in [0.2, 0.25) is 5.02 Å². The van der Waals surface area contributed by atoms with Gasteiger partial charge in [-0.3, -0.25) is 9.10 Å². The van der Waals surface area contributed by atoms with Crippen LogP contribution < -0.4 is 4.31 Å². The Morgan fingerprint density at radius 1 is 1.12 bits per heavy atom. The van der Waals surface area contributed by atoms with Crippen molar-refractivity contribution in [1.29, 1.82) is 0 Å². The highest BCUT2D eigenvalue weighted by molar-refractivity contribution is 7.92. The molecule has 0 radical (unpaired) electrons. The fourth-order valence-electron chi connectivity index (χ4n) is 3.66. The van der Waals surface area contributed by atoms with Crippen LogP contribution in [0.1, 0.15) is 29.3 Å². The van der Waals surface area contributed by atoms with Gasteiger partial charge in [-0.1, -0.05) is 30.7 Å². The Kier molecular flexibility index (Phi) is 6.42. The van der Waals surface area contributed by atoms with E-state index in [4.69, 9.17) is 11.6 Å². The third kappa shape index (κ3) is 4.28. The molecule has 0 atom stereocenters. The Bertz CT molecular complexity index is 1500. The molecule has 2 heterocycles. The van der Waals surface area contributed by atoms with Crippen molar-refractivity contribution in [1.82, 2.24) is 9.97 Å². The van der Waals surface area contributed by atoms with Gasteiger partial charge in [-0.15, -0.1) is 0 Å². The molecule has 0 unspecified atom stereocenters. The first-order valence-corrected chi connectivity index (χ1v) is 12.3. The molecule has 1 N–H and O–H groups in total. The topological polar surface area (TPSA) is 83.1 Å². The molecule has 0 aliphatic heterocycles. The Balaban J connectivity index is 1.81. The van der Waals surface area contributed by atoms with Gasteiger partial charge in [0.05, 0.1) is 17.0 Å². The number of aromatic nitrogens is 2. The number of benzene rings is 2. The van der Waals surface area contributed by atoms with Crippen LogP contribution in [0.25, 0.3) is 22.2 Å². The van der Waals surface area contributed by atoms with E-state index in [1.807, 2.05) is 0 Å². The highest BCUT2D eigenvalue weighted by Crippen LogP contribution is 2.31. The highest BCUT2D eigenvalue weighted by Gasteiger charge is 2.28. The summed E-state index contributed by atoms with van der Waals surface area (Å²) in [5, 5.41) is 0.931. The molecule has 6 nitrogen and oxygen atoms in total. The number of aromatic amines is 1. The average molecular weight is 504 g/mol. The van der Waals surface area contributed by atoms with Gasteiger partial charge in [0.15, 0.2) is 5.82 Å². The Morgan fingerprint density at radius 2 is 1.82 bits per heavy atom. The number of hydrogen-bond donors (Lipinski definition) is 1. The van der Waals surface area contributed by atoms with E-state index in [2.05, 4.69) is 9.97 Å². The van der Waals surface area contributed by atoms with Crippen LogP contribution in [0.5, 0.6) is 0 Å². The third-order valence-electron chi connectivity index (χ3n) is 5.47. The highest BCUT2D eigenvalue weighted by atomic mass is 35.5. The van der Waals surface area contributed by atoms with E-state index in [-0.39, 0.29) is 11.3 Å². The monoisotopic (exact) mass is 503 g/mol. The number of sulfonamides is 1.